The van der Waals surface area contributed by atoms with E-state index in [2.05, 4.69) is 86.1 Å². The van der Waals surface area contributed by atoms with E-state index in [1.54, 1.807) is 12.4 Å². The molecule has 4 unspecified atom stereocenters. The van der Waals surface area contributed by atoms with Crippen molar-refractivity contribution in [3.63, 3.8) is 0 Å². The molecule has 0 amide bonds. The number of allylic oxidation sites excluding steroid dienone is 4. The van der Waals surface area contributed by atoms with Gasteiger partial charge in [0, 0.05) is 23.8 Å². The Morgan fingerprint density at radius 3 is 2.30 bits per heavy atom. The van der Waals surface area contributed by atoms with E-state index in [4.69, 9.17) is 21.6 Å². The van der Waals surface area contributed by atoms with Crippen molar-refractivity contribution >= 4 is 28.9 Å². The summed E-state index contributed by atoms with van der Waals surface area (Å²) in [5.74, 6) is 4.08. The Hall–Kier alpha value is -2.59. The number of fused-ring (bicyclic) bond motifs is 1. The number of hydrogen-bond acceptors (Lipinski definition) is 4. The van der Waals surface area contributed by atoms with Crippen LogP contribution in [0, 0.1) is 36.0 Å². The molecule has 1 spiro atoms. The second-order valence-corrected chi connectivity index (χ2v) is 12.5. The maximum Gasteiger partial charge on any atom is 0.178 e. The lowest BCUT2D eigenvalue weighted by Gasteiger charge is -2.52. The van der Waals surface area contributed by atoms with Gasteiger partial charge in [-0.25, -0.2) is 9.97 Å². The van der Waals surface area contributed by atoms with Crippen LogP contribution in [0.15, 0.2) is 71.7 Å². The van der Waals surface area contributed by atoms with E-state index >= 15 is 0 Å². The first-order valence-electron chi connectivity index (χ1n) is 14.1. The van der Waals surface area contributed by atoms with Crippen molar-refractivity contribution < 1.29 is 0 Å². The molecule has 0 N–H and O–H groups in total. The van der Waals surface area contributed by atoms with E-state index in [0.29, 0.717) is 23.2 Å². The number of benzene rings is 1. The smallest absolute Gasteiger partial charge is 0.178 e. The zero-order chi connectivity index (χ0) is 25.7. The Morgan fingerprint density at radius 2 is 1.68 bits per heavy atom. The molecule has 2 heterocycles. The molecule has 0 radical (unpaired) electrons. The van der Waals surface area contributed by atoms with Gasteiger partial charge in [0.1, 0.15) is 6.17 Å². The van der Waals surface area contributed by atoms with Gasteiger partial charge in [-0.15, -0.1) is 0 Å². The minimum absolute atomic E-state index is 0.212. The van der Waals surface area contributed by atoms with E-state index in [9.17, 15) is 0 Å². The summed E-state index contributed by atoms with van der Waals surface area (Å²) in [5.41, 5.74) is 4.06. The molecule has 0 saturated heterocycles. The van der Waals surface area contributed by atoms with Crippen molar-refractivity contribution in [2.75, 3.05) is 9.80 Å². The van der Waals surface area contributed by atoms with Crippen molar-refractivity contribution in [1.82, 2.24) is 9.97 Å². The van der Waals surface area contributed by atoms with Gasteiger partial charge in [0.15, 0.2) is 11.6 Å². The molecule has 194 valence electrons. The maximum absolute atomic E-state index is 7.39. The summed E-state index contributed by atoms with van der Waals surface area (Å²) >= 11 is 7.39. The molecule has 4 nitrogen and oxygen atoms in total. The molecule has 5 heteroatoms. The second-order valence-electron chi connectivity index (χ2n) is 12.0. The van der Waals surface area contributed by atoms with Gasteiger partial charge in [0.2, 0.25) is 0 Å². The number of aryl methyl sites for hydroxylation is 1. The number of rotatable bonds is 4. The van der Waals surface area contributed by atoms with Gasteiger partial charge in [-0.2, -0.15) is 0 Å². The van der Waals surface area contributed by atoms with Crippen LogP contribution in [-0.4, -0.2) is 16.1 Å². The topological polar surface area (TPSA) is 32.3 Å². The highest BCUT2D eigenvalue weighted by molar-refractivity contribution is 6.31. The van der Waals surface area contributed by atoms with E-state index < -0.39 is 0 Å². The van der Waals surface area contributed by atoms with Crippen LogP contribution in [0.5, 0.6) is 0 Å². The number of anilines is 3. The molecule has 2 saturated carbocycles. The molecule has 1 aliphatic heterocycles. The molecule has 4 atom stereocenters. The number of nitrogens with zero attached hydrogens (tertiary/aromatic N) is 4. The third-order valence-electron chi connectivity index (χ3n) is 9.79. The Bertz CT molecular complexity index is 1250. The monoisotopic (exact) mass is 514 g/mol. The summed E-state index contributed by atoms with van der Waals surface area (Å²) in [6.45, 7) is 9.14. The van der Waals surface area contributed by atoms with Gasteiger partial charge < -0.3 is 0 Å². The molecular weight excluding hydrogens is 476 g/mol. The SMILES string of the molecule is Cc1cccc(N2c3nccnc3N(C3=CC(C)C(C)C=C3)C2/C(Cl)=C\C2CCC3(CC2)CCC3C)c1. The largest absolute Gasteiger partial charge is 0.297 e. The normalized spacial score (nSPS) is 33.4. The predicted molar refractivity (Wildman–Crippen MR) is 154 cm³/mol. The average Bonchev–Trinajstić information content (AvgIpc) is 3.25. The van der Waals surface area contributed by atoms with Crippen LogP contribution in [0.25, 0.3) is 0 Å². The van der Waals surface area contributed by atoms with Crippen molar-refractivity contribution in [1.29, 1.82) is 0 Å². The first-order valence-corrected chi connectivity index (χ1v) is 14.5. The molecule has 37 heavy (non-hydrogen) atoms. The fourth-order valence-corrected chi connectivity index (χ4v) is 7.28. The highest BCUT2D eigenvalue weighted by atomic mass is 35.5. The lowest BCUT2D eigenvalue weighted by Crippen LogP contribution is -2.42. The quantitative estimate of drug-likeness (QED) is 0.409. The van der Waals surface area contributed by atoms with Gasteiger partial charge in [0.05, 0.1) is 5.03 Å². The Morgan fingerprint density at radius 1 is 0.973 bits per heavy atom. The van der Waals surface area contributed by atoms with Gasteiger partial charge in [-0.3, -0.25) is 9.80 Å². The predicted octanol–water partition coefficient (Wildman–Crippen LogP) is 8.52. The summed E-state index contributed by atoms with van der Waals surface area (Å²) in [5, 5.41) is 0.865. The fraction of sp³-hybridized carbons (Fsp3) is 0.500. The second kappa shape index (κ2) is 9.62. The summed E-state index contributed by atoms with van der Waals surface area (Å²) in [6.07, 6.45) is 20.6. The van der Waals surface area contributed by atoms with E-state index in [1.807, 2.05) is 0 Å². The van der Waals surface area contributed by atoms with Gasteiger partial charge in [-0.05, 0) is 98.3 Å². The van der Waals surface area contributed by atoms with Crippen LogP contribution >= 0.6 is 11.6 Å². The minimum Gasteiger partial charge on any atom is -0.297 e. The number of aromatic nitrogens is 2. The highest BCUT2D eigenvalue weighted by Crippen LogP contribution is 2.57. The summed E-state index contributed by atoms with van der Waals surface area (Å²) in [4.78, 5) is 14.3. The molecule has 3 aliphatic carbocycles. The Kier molecular flexibility index (Phi) is 6.43. The molecule has 0 bridgehead atoms. The van der Waals surface area contributed by atoms with E-state index in [0.717, 1.165) is 34.0 Å². The average molecular weight is 515 g/mol. The Balaban J connectivity index is 1.40. The van der Waals surface area contributed by atoms with Crippen LogP contribution in [0.4, 0.5) is 17.3 Å². The molecular formula is C32H39ClN4. The van der Waals surface area contributed by atoms with Crippen LogP contribution in [0.2, 0.25) is 0 Å². The number of hydrogen-bond donors (Lipinski definition) is 0. The van der Waals surface area contributed by atoms with Gasteiger partial charge in [-0.1, -0.05) is 62.7 Å². The third-order valence-corrected chi connectivity index (χ3v) is 10.1. The van der Waals surface area contributed by atoms with E-state index in [-0.39, 0.29) is 6.17 Å². The molecule has 2 fully saturated rings. The molecule has 6 rings (SSSR count). The molecule has 4 aliphatic rings. The van der Waals surface area contributed by atoms with Crippen LogP contribution in [0.3, 0.4) is 0 Å². The van der Waals surface area contributed by atoms with Crippen molar-refractivity contribution in [2.24, 2.45) is 29.1 Å². The van der Waals surface area contributed by atoms with Crippen LogP contribution in [0.1, 0.15) is 64.9 Å². The standard InChI is InChI=1S/C32H39ClN4/c1-21-6-5-7-26(18-21)36-29-30(35-17-16-34-29)37(27-9-8-22(2)23(3)19-27)31(36)28(33)20-25-11-14-32(15-12-25)13-10-24(32)4/h5-9,16-20,22-25,31H,10-15H2,1-4H3/b28-20+. The Labute approximate surface area is 227 Å². The first-order chi connectivity index (χ1) is 17.9. The highest BCUT2D eigenvalue weighted by Gasteiger charge is 2.46. The lowest BCUT2D eigenvalue weighted by atomic mass is 9.53. The molecule has 1 aromatic heterocycles. The zero-order valence-corrected chi connectivity index (χ0v) is 23.3. The zero-order valence-electron chi connectivity index (χ0n) is 22.6. The first kappa shape index (κ1) is 24.7. The summed E-state index contributed by atoms with van der Waals surface area (Å²) in [7, 11) is 0. The van der Waals surface area contributed by atoms with Gasteiger partial charge >= 0.3 is 0 Å². The van der Waals surface area contributed by atoms with Crippen LogP contribution < -0.4 is 9.80 Å². The summed E-state index contributed by atoms with van der Waals surface area (Å²) in [6, 6.07) is 8.62. The lowest BCUT2D eigenvalue weighted by molar-refractivity contribution is -0.00586. The van der Waals surface area contributed by atoms with E-state index in [1.165, 1.54) is 44.1 Å². The summed E-state index contributed by atoms with van der Waals surface area (Å²) < 4.78 is 0. The minimum atomic E-state index is -0.212. The van der Waals surface area contributed by atoms with Gasteiger partial charge in [0.25, 0.3) is 0 Å². The van der Waals surface area contributed by atoms with Crippen molar-refractivity contribution in [3.05, 3.63) is 77.3 Å². The molecule has 1 aromatic carbocycles. The van der Waals surface area contributed by atoms with Crippen molar-refractivity contribution in [3.8, 4) is 0 Å². The van der Waals surface area contributed by atoms with Crippen molar-refractivity contribution in [2.45, 2.75) is 72.4 Å². The van der Waals surface area contributed by atoms with Crippen LogP contribution in [-0.2, 0) is 0 Å². The fourth-order valence-electron chi connectivity index (χ4n) is 6.90. The number of halogens is 1. The molecule has 2 aromatic rings. The third kappa shape index (κ3) is 4.31. The maximum atomic E-state index is 7.39.